The van der Waals surface area contributed by atoms with Gasteiger partial charge in [0.25, 0.3) is 0 Å². The Morgan fingerprint density at radius 3 is 1.88 bits per heavy atom. The fraction of sp³-hybridized carbons (Fsp3) is 0.632. The monoisotopic (exact) mass is 727 g/mol. The molecule has 0 saturated heterocycles. The van der Waals surface area contributed by atoms with Crippen molar-refractivity contribution >= 4 is 82.5 Å². The van der Waals surface area contributed by atoms with Gasteiger partial charge in [-0.15, -0.1) is 11.3 Å². The zero-order chi connectivity index (χ0) is 33.9. The molecule has 48 heavy (non-hydrogen) atoms. The van der Waals surface area contributed by atoms with Crippen LogP contribution >= 0.6 is 45.8 Å². The first-order valence-corrected chi connectivity index (χ1v) is 21.9. The van der Waals surface area contributed by atoms with Crippen molar-refractivity contribution in [1.29, 1.82) is 0 Å². The number of rotatable bonds is 22. The molecule has 0 bridgehead atoms. The van der Waals surface area contributed by atoms with Crippen molar-refractivity contribution in [1.82, 2.24) is 4.98 Å². The number of amidine groups is 1. The first kappa shape index (κ1) is 37.3. The number of fused-ring (bicyclic) bond motifs is 2. The third-order valence-electron chi connectivity index (χ3n) is 9.24. The van der Waals surface area contributed by atoms with Gasteiger partial charge < -0.3 is 10.0 Å². The van der Waals surface area contributed by atoms with E-state index in [-0.39, 0.29) is 11.5 Å². The zero-order valence-electron chi connectivity index (χ0n) is 29.6. The Bertz CT molecular complexity index is 1660. The van der Waals surface area contributed by atoms with Crippen molar-refractivity contribution in [3.63, 3.8) is 0 Å². The van der Waals surface area contributed by atoms with E-state index in [1.807, 2.05) is 0 Å². The van der Waals surface area contributed by atoms with E-state index < -0.39 is 0 Å². The van der Waals surface area contributed by atoms with Gasteiger partial charge in [-0.1, -0.05) is 115 Å². The molecule has 3 aromatic heterocycles. The highest BCUT2D eigenvalue weighted by Gasteiger charge is 2.38. The maximum absolute atomic E-state index is 13.5. The lowest BCUT2D eigenvalue weighted by atomic mass is 9.87. The summed E-state index contributed by atoms with van der Waals surface area (Å²) in [5, 5.41) is 13.4. The Kier molecular flexibility index (Phi) is 14.6. The van der Waals surface area contributed by atoms with Gasteiger partial charge in [0.05, 0.1) is 33.8 Å². The number of thioether (sulfide) groups is 1. The van der Waals surface area contributed by atoms with Gasteiger partial charge in [-0.2, -0.15) is 0 Å². The van der Waals surface area contributed by atoms with E-state index in [2.05, 4.69) is 49.3 Å². The van der Waals surface area contributed by atoms with Gasteiger partial charge in [0.15, 0.2) is 5.13 Å². The fourth-order valence-electron chi connectivity index (χ4n) is 6.35. The first-order chi connectivity index (χ1) is 23.5. The number of aliphatic hydroxyl groups excluding tert-OH is 1. The number of ketones is 1. The van der Waals surface area contributed by atoms with Gasteiger partial charge >= 0.3 is 5.17 Å². The summed E-state index contributed by atoms with van der Waals surface area (Å²) < 4.78 is 5.35. The molecule has 5 rings (SSSR count). The molecule has 1 aliphatic heterocycles. The van der Waals surface area contributed by atoms with Crippen LogP contribution in [-0.2, 0) is 4.79 Å². The molecule has 0 unspecified atom stereocenters. The normalized spacial score (nSPS) is 15.4. The Hall–Kier alpha value is -2.01. The zero-order valence-corrected chi connectivity index (χ0v) is 32.8. The van der Waals surface area contributed by atoms with Crippen LogP contribution in [0.3, 0.4) is 0 Å². The topological polar surface area (TPSA) is 68.8 Å². The van der Waals surface area contributed by atoms with Crippen LogP contribution in [0.15, 0.2) is 27.8 Å². The number of carbonyl (C=O) groups excluding carboxylic acids is 1. The highest BCUT2D eigenvalue weighted by molar-refractivity contribution is 8.14. The minimum Gasteiger partial charge on any atom is -0.506 e. The summed E-state index contributed by atoms with van der Waals surface area (Å²) in [7, 11) is 0. The van der Waals surface area contributed by atoms with Gasteiger partial charge in [0, 0.05) is 34.3 Å². The molecule has 0 atom stereocenters. The number of hydrogen-bond acceptors (Lipinski definition) is 8. The van der Waals surface area contributed by atoms with Gasteiger partial charge in [0.2, 0.25) is 10.5 Å². The number of allylic oxidation sites excluding steroid dienone is 2. The molecule has 1 N–H and O–H groups in total. The van der Waals surface area contributed by atoms with Gasteiger partial charge in [-0.25, -0.2) is 4.98 Å². The number of aromatic nitrogens is 1. The van der Waals surface area contributed by atoms with Crippen LogP contribution in [-0.4, -0.2) is 51.8 Å². The van der Waals surface area contributed by atoms with Crippen LogP contribution in [0, 0.1) is 0 Å². The number of aliphatic hydroxyl groups is 1. The standard InChI is InChI=1S/C38H54N4O2S4/c1-5-9-13-17-21-41(22-18-14-10-6-2)37-39-35-29(47-37)25-27(45-35)31-33(43)32(34(31)44)28-26-30-36(46-28)40-38(48-30)42(23-19-15-11-7-3)24-20-16-12-8-4/h25-26H,5-24H2,1-4H3/p+1. The number of nitrogens with zero attached hydrogens (tertiary/aromatic N) is 4. The van der Waals surface area contributed by atoms with E-state index in [9.17, 15) is 9.90 Å². The van der Waals surface area contributed by atoms with Crippen LogP contribution in [0.1, 0.15) is 135 Å². The number of hydrogen-bond donors (Lipinski definition) is 1. The fourth-order valence-corrected chi connectivity index (χ4v) is 11.0. The van der Waals surface area contributed by atoms with Crippen molar-refractivity contribution in [3.05, 3.63) is 32.0 Å². The van der Waals surface area contributed by atoms with Crippen LogP contribution in [0.25, 0.3) is 20.7 Å². The van der Waals surface area contributed by atoms with Gasteiger partial charge in [-0.3, -0.25) is 9.37 Å². The molecule has 262 valence electrons. The predicted octanol–water partition coefficient (Wildman–Crippen LogP) is 10.3. The van der Waals surface area contributed by atoms with E-state index in [1.165, 1.54) is 125 Å². The molecule has 6 nitrogen and oxygen atoms in total. The smallest absolute Gasteiger partial charge is 0.361 e. The largest absolute Gasteiger partial charge is 0.506 e. The van der Waals surface area contributed by atoms with Gasteiger partial charge in [-0.05, 0) is 55.7 Å². The lowest BCUT2D eigenvalue weighted by Gasteiger charge is -2.22. The van der Waals surface area contributed by atoms with Crippen LogP contribution in [0.4, 0.5) is 5.13 Å². The van der Waals surface area contributed by atoms with Crippen molar-refractivity contribution in [2.24, 2.45) is 4.99 Å². The molecule has 0 fully saturated rings. The van der Waals surface area contributed by atoms with Gasteiger partial charge in [0.1, 0.15) is 10.6 Å². The van der Waals surface area contributed by atoms with E-state index in [1.54, 1.807) is 23.1 Å². The highest BCUT2D eigenvalue weighted by atomic mass is 32.2. The van der Waals surface area contributed by atoms with Crippen LogP contribution < -0.4 is 14.1 Å². The Balaban J connectivity index is 1.33. The number of Topliss-reactive ketones (excluding diaryl/α,β-unsaturated/α-hetero) is 1. The lowest BCUT2D eigenvalue weighted by Crippen LogP contribution is -2.25. The third-order valence-corrected chi connectivity index (χ3v) is 13.7. The van der Waals surface area contributed by atoms with Crippen molar-refractivity contribution in [2.45, 2.75) is 135 Å². The molecule has 0 amide bonds. The molecule has 1 aliphatic carbocycles. The van der Waals surface area contributed by atoms with E-state index in [4.69, 9.17) is 9.98 Å². The summed E-state index contributed by atoms with van der Waals surface area (Å²) in [5.74, 6) is 0.0444. The Morgan fingerprint density at radius 1 is 0.729 bits per heavy atom. The average Bonchev–Trinajstić information content (AvgIpc) is 3.84. The number of thiazole rings is 1. The number of anilines is 1. The average molecular weight is 728 g/mol. The predicted molar refractivity (Wildman–Crippen MR) is 210 cm³/mol. The molecular weight excluding hydrogens is 673 g/mol. The van der Waals surface area contributed by atoms with Crippen LogP contribution in [0.2, 0.25) is 0 Å². The first-order valence-electron chi connectivity index (χ1n) is 18.7. The molecular formula is C38H55N4O2S4+. The second kappa shape index (κ2) is 18.8. The molecule has 4 heterocycles. The molecule has 0 saturated carbocycles. The quantitative estimate of drug-likeness (QED) is 0.0824. The molecule has 0 spiro atoms. The van der Waals surface area contributed by atoms with Crippen LogP contribution in [0.5, 0.6) is 0 Å². The Labute approximate surface area is 303 Å². The van der Waals surface area contributed by atoms with Crippen molar-refractivity contribution in [3.8, 4) is 0 Å². The highest BCUT2D eigenvalue weighted by Crippen LogP contribution is 2.44. The van der Waals surface area contributed by atoms with E-state index in [0.717, 1.165) is 65.0 Å². The molecule has 2 aliphatic rings. The SMILES string of the molecule is CCCCCCN(CCCCCC)c1nc2sc(C3=C(O)/C(=c4\cc5c(s4)=NC(=[N+](CCCCCC)CCCCCC)S5)C3=O)cc2s1. The number of thiophene rings is 2. The molecule has 10 heteroatoms. The summed E-state index contributed by atoms with van der Waals surface area (Å²) in [6, 6.07) is 4.12. The lowest BCUT2D eigenvalue weighted by molar-refractivity contribution is -0.527. The summed E-state index contributed by atoms with van der Waals surface area (Å²) >= 11 is 6.50. The maximum Gasteiger partial charge on any atom is 0.361 e. The maximum atomic E-state index is 13.5. The second-order valence-corrected chi connectivity index (χ2v) is 17.3. The Morgan fingerprint density at radius 2 is 1.33 bits per heavy atom. The summed E-state index contributed by atoms with van der Waals surface area (Å²) in [5.41, 5.74) is 0.877. The molecule has 0 aromatic carbocycles. The molecule has 0 radical (unpaired) electrons. The summed E-state index contributed by atoms with van der Waals surface area (Å²) in [6.45, 7) is 13.2. The number of unbranched alkanes of at least 4 members (excludes halogenated alkanes) is 12. The van der Waals surface area contributed by atoms with Crippen molar-refractivity contribution in [2.75, 3.05) is 31.1 Å². The molecule has 3 aromatic rings. The second-order valence-electron chi connectivity index (χ2n) is 13.2. The minimum atomic E-state index is -0.0716. The van der Waals surface area contributed by atoms with Crippen molar-refractivity contribution < 1.29 is 14.5 Å². The minimum absolute atomic E-state index is 0.0716. The summed E-state index contributed by atoms with van der Waals surface area (Å²) in [6.07, 6.45) is 19.9. The third kappa shape index (κ3) is 9.20. The number of carbonyl (C=O) groups is 1. The summed E-state index contributed by atoms with van der Waals surface area (Å²) in [4.78, 5) is 28.9. The van der Waals surface area contributed by atoms with E-state index in [0.29, 0.717) is 11.1 Å². The van der Waals surface area contributed by atoms with E-state index >= 15 is 0 Å².